The van der Waals surface area contributed by atoms with Gasteiger partial charge in [-0.05, 0) is 50.2 Å². The molecule has 0 amide bonds. The summed E-state index contributed by atoms with van der Waals surface area (Å²) < 4.78 is 23.1. The fourth-order valence-electron chi connectivity index (χ4n) is 2.01. The fraction of sp³-hybridized carbons (Fsp3) is 0.471. The van der Waals surface area contributed by atoms with E-state index in [9.17, 15) is 9.18 Å². The number of halogens is 1. The third kappa shape index (κ3) is 7.93. The number of hydrazone groups is 1. The number of thiocarbonyl (C=S) groups is 1. The smallest absolute Gasteiger partial charge is 0.305 e. The van der Waals surface area contributed by atoms with Crippen LogP contribution in [0.25, 0.3) is 0 Å². The number of carbonyl (C=O) groups is 1. The van der Waals surface area contributed by atoms with Crippen LogP contribution in [0.3, 0.4) is 0 Å². The van der Waals surface area contributed by atoms with Gasteiger partial charge in [-0.3, -0.25) is 10.2 Å². The molecule has 1 aromatic rings. The highest BCUT2D eigenvalue weighted by molar-refractivity contribution is 7.80. The molecule has 0 saturated carbocycles. The summed E-state index contributed by atoms with van der Waals surface area (Å²) in [5.41, 5.74) is 3.96. The topological polar surface area (TPSA) is 72.0 Å². The van der Waals surface area contributed by atoms with Crippen molar-refractivity contribution in [1.82, 2.24) is 10.7 Å². The number of ether oxygens (including phenoxy) is 2. The van der Waals surface area contributed by atoms with Crippen molar-refractivity contribution in [2.75, 3.05) is 20.8 Å². The van der Waals surface area contributed by atoms with Gasteiger partial charge in [0.2, 0.25) is 0 Å². The quantitative estimate of drug-likeness (QED) is 0.229. The van der Waals surface area contributed by atoms with Crippen molar-refractivity contribution in [3.05, 3.63) is 29.6 Å². The summed E-state index contributed by atoms with van der Waals surface area (Å²) in [7, 11) is 2.80. The Kier molecular flexibility index (Phi) is 9.46. The van der Waals surface area contributed by atoms with E-state index in [1.165, 1.54) is 20.3 Å². The van der Waals surface area contributed by atoms with Crippen LogP contribution in [0.15, 0.2) is 23.3 Å². The molecule has 0 aliphatic heterocycles. The van der Waals surface area contributed by atoms with Gasteiger partial charge in [0, 0.05) is 18.5 Å². The van der Waals surface area contributed by atoms with E-state index in [-0.39, 0.29) is 11.7 Å². The number of methoxy groups -OCH3 is 2. The summed E-state index contributed by atoms with van der Waals surface area (Å²) in [6, 6.07) is 4.63. The second-order valence-electron chi connectivity index (χ2n) is 5.30. The van der Waals surface area contributed by atoms with E-state index in [0.29, 0.717) is 29.4 Å². The van der Waals surface area contributed by atoms with Gasteiger partial charge in [0.1, 0.15) is 0 Å². The molecule has 25 heavy (non-hydrogen) atoms. The Balaban J connectivity index is 2.31. The van der Waals surface area contributed by atoms with E-state index in [2.05, 4.69) is 20.6 Å². The minimum Gasteiger partial charge on any atom is -0.494 e. The Morgan fingerprint density at radius 2 is 2.04 bits per heavy atom. The van der Waals surface area contributed by atoms with Crippen LogP contribution in [0.4, 0.5) is 4.39 Å². The van der Waals surface area contributed by atoms with Gasteiger partial charge in [0.15, 0.2) is 16.7 Å². The molecule has 138 valence electrons. The van der Waals surface area contributed by atoms with Gasteiger partial charge in [-0.15, -0.1) is 0 Å². The molecule has 0 unspecified atom stereocenters. The molecule has 0 heterocycles. The lowest BCUT2D eigenvalue weighted by molar-refractivity contribution is -0.140. The average molecular weight is 369 g/mol. The van der Waals surface area contributed by atoms with Crippen LogP contribution in [-0.2, 0) is 9.53 Å². The van der Waals surface area contributed by atoms with Crippen LogP contribution >= 0.6 is 12.2 Å². The standard InChI is InChI=1S/C17H24FN3O3S/c1-12(13-8-9-15(23-2)14(18)11-13)20-21-17(25)19-10-6-4-5-7-16(22)24-3/h8-9,11H,4-7,10H2,1-3H3,(H2,19,21,25)/b20-12-. The third-order valence-electron chi connectivity index (χ3n) is 3.47. The first kappa shape index (κ1) is 20.8. The number of hydrogen-bond acceptors (Lipinski definition) is 5. The lowest BCUT2D eigenvalue weighted by Gasteiger charge is -2.08. The number of hydrogen-bond donors (Lipinski definition) is 2. The van der Waals surface area contributed by atoms with Crippen molar-refractivity contribution < 1.29 is 18.7 Å². The fourth-order valence-corrected chi connectivity index (χ4v) is 2.15. The summed E-state index contributed by atoms with van der Waals surface area (Å²) in [4.78, 5) is 11.0. The minimum atomic E-state index is -0.442. The molecule has 0 aliphatic carbocycles. The van der Waals surface area contributed by atoms with Gasteiger partial charge < -0.3 is 14.8 Å². The van der Waals surface area contributed by atoms with Gasteiger partial charge in [0.25, 0.3) is 0 Å². The predicted octanol–water partition coefficient (Wildman–Crippen LogP) is 2.76. The molecular formula is C17H24FN3O3S. The van der Waals surface area contributed by atoms with Crippen LogP contribution in [0.5, 0.6) is 5.75 Å². The lowest BCUT2D eigenvalue weighted by Crippen LogP contribution is -2.33. The van der Waals surface area contributed by atoms with Gasteiger partial charge in [0.05, 0.1) is 19.9 Å². The average Bonchev–Trinajstić information content (AvgIpc) is 2.62. The van der Waals surface area contributed by atoms with Crippen molar-refractivity contribution >= 4 is 29.0 Å². The SMILES string of the molecule is COC(=O)CCCCCNC(=S)N/N=C(/C)c1ccc(OC)c(F)c1. The molecule has 0 bridgehead atoms. The molecule has 0 fully saturated rings. The zero-order valence-corrected chi connectivity index (χ0v) is 15.5. The summed E-state index contributed by atoms with van der Waals surface area (Å²) >= 11 is 5.13. The Bertz CT molecular complexity index is 623. The van der Waals surface area contributed by atoms with Crippen molar-refractivity contribution in [2.45, 2.75) is 32.6 Å². The first-order valence-electron chi connectivity index (χ1n) is 7.96. The van der Waals surface area contributed by atoms with Crippen LogP contribution < -0.4 is 15.5 Å². The Morgan fingerprint density at radius 3 is 2.68 bits per heavy atom. The monoisotopic (exact) mass is 369 g/mol. The van der Waals surface area contributed by atoms with Crippen LogP contribution in [0, 0.1) is 5.82 Å². The number of benzene rings is 1. The zero-order chi connectivity index (χ0) is 18.7. The molecule has 6 nitrogen and oxygen atoms in total. The molecule has 1 rings (SSSR count). The molecule has 2 N–H and O–H groups in total. The first-order chi connectivity index (χ1) is 12.0. The van der Waals surface area contributed by atoms with Crippen molar-refractivity contribution in [3.8, 4) is 5.75 Å². The summed E-state index contributed by atoms with van der Waals surface area (Å²) in [5.74, 6) is -0.443. The lowest BCUT2D eigenvalue weighted by atomic mass is 10.1. The Morgan fingerprint density at radius 1 is 1.28 bits per heavy atom. The predicted molar refractivity (Wildman–Crippen MR) is 99.4 cm³/mol. The molecule has 8 heteroatoms. The highest BCUT2D eigenvalue weighted by Gasteiger charge is 2.06. The zero-order valence-electron chi connectivity index (χ0n) is 14.7. The van der Waals surface area contributed by atoms with Gasteiger partial charge in [-0.2, -0.15) is 5.10 Å². The largest absolute Gasteiger partial charge is 0.494 e. The number of esters is 1. The first-order valence-corrected chi connectivity index (χ1v) is 8.37. The number of rotatable bonds is 9. The molecule has 0 aliphatic rings. The highest BCUT2D eigenvalue weighted by atomic mass is 32.1. The number of unbranched alkanes of at least 4 members (excludes halogenated alkanes) is 2. The maximum atomic E-state index is 13.7. The van der Waals surface area contributed by atoms with Crippen LogP contribution in [-0.4, -0.2) is 37.6 Å². The van der Waals surface area contributed by atoms with E-state index in [0.717, 1.165) is 19.3 Å². The Hall–Kier alpha value is -2.22. The summed E-state index contributed by atoms with van der Waals surface area (Å²) in [6.07, 6.45) is 3.00. The normalized spacial score (nSPS) is 11.0. The van der Waals surface area contributed by atoms with E-state index in [4.69, 9.17) is 17.0 Å². The highest BCUT2D eigenvalue weighted by Crippen LogP contribution is 2.17. The Labute approximate surface area is 152 Å². The van der Waals surface area contributed by atoms with Crippen LogP contribution in [0.1, 0.15) is 38.2 Å². The maximum Gasteiger partial charge on any atom is 0.305 e. The van der Waals surface area contributed by atoms with E-state index >= 15 is 0 Å². The number of carbonyl (C=O) groups excluding carboxylic acids is 1. The number of nitrogens with zero attached hydrogens (tertiary/aromatic N) is 1. The van der Waals surface area contributed by atoms with E-state index in [1.807, 2.05) is 0 Å². The van der Waals surface area contributed by atoms with Crippen LogP contribution in [0.2, 0.25) is 0 Å². The molecule has 0 spiro atoms. The summed E-state index contributed by atoms with van der Waals surface area (Å²) in [5, 5.41) is 7.55. The van der Waals surface area contributed by atoms with Gasteiger partial charge in [-0.1, -0.05) is 6.42 Å². The maximum absolute atomic E-state index is 13.7. The van der Waals surface area contributed by atoms with E-state index < -0.39 is 5.82 Å². The van der Waals surface area contributed by atoms with Crippen molar-refractivity contribution in [2.24, 2.45) is 5.10 Å². The molecule has 0 atom stereocenters. The molecule has 0 aromatic heterocycles. The minimum absolute atomic E-state index is 0.189. The second-order valence-corrected chi connectivity index (χ2v) is 5.71. The van der Waals surface area contributed by atoms with Crippen molar-refractivity contribution in [3.63, 3.8) is 0 Å². The second kappa shape index (κ2) is 11.4. The van der Waals surface area contributed by atoms with Gasteiger partial charge >= 0.3 is 5.97 Å². The van der Waals surface area contributed by atoms with Gasteiger partial charge in [-0.25, -0.2) is 4.39 Å². The molecule has 1 aromatic carbocycles. The summed E-state index contributed by atoms with van der Waals surface area (Å²) in [6.45, 7) is 2.43. The third-order valence-corrected chi connectivity index (χ3v) is 3.70. The molecule has 0 radical (unpaired) electrons. The van der Waals surface area contributed by atoms with E-state index in [1.54, 1.807) is 19.1 Å². The number of nitrogens with one attached hydrogen (secondary N) is 2. The van der Waals surface area contributed by atoms with Crippen molar-refractivity contribution in [1.29, 1.82) is 0 Å². The molecule has 0 saturated heterocycles. The molecular weight excluding hydrogens is 345 g/mol.